The van der Waals surface area contributed by atoms with Gasteiger partial charge in [0.05, 0.1) is 12.2 Å². The van der Waals surface area contributed by atoms with Gasteiger partial charge >= 0.3 is 0 Å². The number of hydrogen-bond acceptors (Lipinski definition) is 3. The lowest BCUT2D eigenvalue weighted by Crippen LogP contribution is -2.55. The second-order valence-electron chi connectivity index (χ2n) is 5.95. The number of hydrogen-bond donors (Lipinski definition) is 0. The zero-order valence-electron chi connectivity index (χ0n) is 11.6. The highest BCUT2D eigenvalue weighted by Gasteiger charge is 2.38. The van der Waals surface area contributed by atoms with Gasteiger partial charge in [-0.2, -0.15) is 17.0 Å². The molecule has 2 fully saturated rings. The molecule has 0 N–H and O–H groups in total. The van der Waals surface area contributed by atoms with Gasteiger partial charge in [-0.05, 0) is 32.6 Å². The second kappa shape index (κ2) is 5.85. The molecule has 7 heteroatoms. The molecule has 5 nitrogen and oxygen atoms in total. The molecule has 2 aliphatic heterocycles. The Morgan fingerprint density at radius 3 is 2.37 bits per heavy atom. The fourth-order valence-corrected chi connectivity index (χ4v) is 4.71. The van der Waals surface area contributed by atoms with E-state index in [1.54, 1.807) is 8.61 Å². The highest BCUT2D eigenvalue weighted by atomic mass is 35.5. The lowest BCUT2D eigenvalue weighted by Gasteiger charge is -2.40. The van der Waals surface area contributed by atoms with Gasteiger partial charge in [0.15, 0.2) is 0 Å². The Labute approximate surface area is 121 Å². The predicted molar refractivity (Wildman–Crippen MR) is 75.5 cm³/mol. The molecule has 0 radical (unpaired) electrons. The van der Waals surface area contributed by atoms with E-state index in [-0.39, 0.29) is 0 Å². The standard InChI is InChI=1S/C12H23ClN2O3S/c1-12(2)10-15(7-8-18-12)19(16,17)14-5-3-11(9-13)4-6-14/h11H,3-10H2,1-2H3. The summed E-state index contributed by atoms with van der Waals surface area (Å²) in [6.07, 6.45) is 1.72. The molecule has 0 unspecified atom stereocenters. The Morgan fingerprint density at radius 1 is 1.21 bits per heavy atom. The van der Waals surface area contributed by atoms with Crippen LogP contribution in [0.15, 0.2) is 0 Å². The van der Waals surface area contributed by atoms with E-state index < -0.39 is 15.8 Å². The molecule has 0 aliphatic carbocycles. The van der Waals surface area contributed by atoms with Crippen molar-refractivity contribution in [2.24, 2.45) is 5.92 Å². The van der Waals surface area contributed by atoms with E-state index in [4.69, 9.17) is 16.3 Å². The van der Waals surface area contributed by atoms with Crippen LogP contribution in [0.25, 0.3) is 0 Å². The van der Waals surface area contributed by atoms with Crippen molar-refractivity contribution in [1.82, 2.24) is 8.61 Å². The molecule has 0 aromatic heterocycles. The number of alkyl halides is 1. The highest BCUT2D eigenvalue weighted by Crippen LogP contribution is 2.25. The van der Waals surface area contributed by atoms with Crippen LogP contribution < -0.4 is 0 Å². The Morgan fingerprint density at radius 2 is 1.84 bits per heavy atom. The largest absolute Gasteiger partial charge is 0.373 e. The molecule has 0 atom stereocenters. The van der Waals surface area contributed by atoms with Gasteiger partial charge in [-0.1, -0.05) is 0 Å². The zero-order chi connectivity index (χ0) is 14.1. The maximum Gasteiger partial charge on any atom is 0.282 e. The van der Waals surface area contributed by atoms with Gasteiger partial charge < -0.3 is 4.74 Å². The molecule has 2 saturated heterocycles. The van der Waals surface area contributed by atoms with E-state index in [9.17, 15) is 8.42 Å². The lowest BCUT2D eigenvalue weighted by molar-refractivity contribution is -0.0653. The van der Waals surface area contributed by atoms with E-state index in [1.165, 1.54) is 0 Å². The van der Waals surface area contributed by atoms with Crippen LogP contribution in [0.4, 0.5) is 0 Å². The number of ether oxygens (including phenoxy) is 1. The predicted octanol–water partition coefficient (Wildman–Crippen LogP) is 1.29. The maximum absolute atomic E-state index is 12.6. The molecule has 19 heavy (non-hydrogen) atoms. The summed E-state index contributed by atoms with van der Waals surface area (Å²) in [4.78, 5) is 0. The molecule has 0 spiro atoms. The van der Waals surface area contributed by atoms with Crippen LogP contribution in [0.1, 0.15) is 26.7 Å². The highest BCUT2D eigenvalue weighted by molar-refractivity contribution is 7.86. The maximum atomic E-state index is 12.6. The summed E-state index contributed by atoms with van der Waals surface area (Å²) in [6.45, 7) is 6.34. The topological polar surface area (TPSA) is 49.9 Å². The first-order valence-electron chi connectivity index (χ1n) is 6.80. The molecule has 2 rings (SSSR count). The van der Waals surface area contributed by atoms with Gasteiger partial charge in [-0.3, -0.25) is 0 Å². The van der Waals surface area contributed by atoms with Crippen LogP contribution in [0.2, 0.25) is 0 Å². The fourth-order valence-electron chi connectivity index (χ4n) is 2.63. The number of nitrogens with zero attached hydrogens (tertiary/aromatic N) is 2. The van der Waals surface area contributed by atoms with Gasteiger partial charge in [0, 0.05) is 32.1 Å². The molecule has 0 amide bonds. The van der Waals surface area contributed by atoms with Crippen molar-refractivity contribution < 1.29 is 13.2 Å². The summed E-state index contributed by atoms with van der Waals surface area (Å²) in [5.74, 6) is 1.08. The second-order valence-corrected chi connectivity index (χ2v) is 8.18. The molecule has 112 valence electrons. The minimum Gasteiger partial charge on any atom is -0.373 e. The summed E-state index contributed by atoms with van der Waals surface area (Å²) >= 11 is 5.83. The molecule has 2 aliphatic rings. The number of rotatable bonds is 3. The Hall–Kier alpha value is 0.120. The third kappa shape index (κ3) is 3.61. The van der Waals surface area contributed by atoms with Gasteiger partial charge in [0.2, 0.25) is 0 Å². The molecule has 0 saturated carbocycles. The summed E-state index contributed by atoms with van der Waals surface area (Å²) in [5.41, 5.74) is -0.403. The third-order valence-corrected chi connectivity index (χ3v) is 6.25. The van der Waals surface area contributed by atoms with Gasteiger partial charge in [0.1, 0.15) is 0 Å². The van der Waals surface area contributed by atoms with Crippen molar-refractivity contribution >= 4 is 21.8 Å². The van der Waals surface area contributed by atoms with E-state index in [0.29, 0.717) is 44.6 Å². The average molecular weight is 311 g/mol. The third-order valence-electron chi connectivity index (χ3n) is 3.83. The lowest BCUT2D eigenvalue weighted by atomic mass is 10.0. The van der Waals surface area contributed by atoms with Crippen LogP contribution in [-0.2, 0) is 14.9 Å². The van der Waals surface area contributed by atoms with Crippen LogP contribution >= 0.6 is 11.6 Å². The van der Waals surface area contributed by atoms with E-state index in [0.717, 1.165) is 12.8 Å². The number of piperidine rings is 1. The van der Waals surface area contributed by atoms with Crippen LogP contribution in [-0.4, -0.2) is 61.3 Å². The first-order chi connectivity index (χ1) is 8.85. The molecule has 0 aromatic rings. The Bertz CT molecular complexity index is 405. The average Bonchev–Trinajstić information content (AvgIpc) is 2.37. The molecule has 0 aromatic carbocycles. The first-order valence-corrected chi connectivity index (χ1v) is 8.73. The SMILES string of the molecule is CC1(C)CN(S(=O)(=O)N2CCC(CCl)CC2)CCO1. The monoisotopic (exact) mass is 310 g/mol. The Kier molecular flexibility index (Phi) is 4.78. The smallest absolute Gasteiger partial charge is 0.282 e. The molecular formula is C12H23ClN2O3S. The summed E-state index contributed by atoms with van der Waals surface area (Å²) in [5, 5.41) is 0. The van der Waals surface area contributed by atoms with Crippen molar-refractivity contribution in [2.45, 2.75) is 32.3 Å². The van der Waals surface area contributed by atoms with Crippen LogP contribution in [0.3, 0.4) is 0 Å². The fraction of sp³-hybridized carbons (Fsp3) is 1.00. The summed E-state index contributed by atoms with van der Waals surface area (Å²) < 4.78 is 33.9. The van der Waals surface area contributed by atoms with Crippen molar-refractivity contribution in [3.05, 3.63) is 0 Å². The number of morpholine rings is 1. The molecule has 2 heterocycles. The van der Waals surface area contributed by atoms with Crippen molar-refractivity contribution in [3.8, 4) is 0 Å². The molecular weight excluding hydrogens is 288 g/mol. The minimum absolute atomic E-state index is 0.403. The van der Waals surface area contributed by atoms with Crippen molar-refractivity contribution in [2.75, 3.05) is 38.7 Å². The Balaban J connectivity index is 2.02. The first kappa shape index (κ1) is 15.5. The zero-order valence-corrected chi connectivity index (χ0v) is 13.2. The molecule has 0 bridgehead atoms. The van der Waals surface area contributed by atoms with Gasteiger partial charge in [-0.15, -0.1) is 11.6 Å². The van der Waals surface area contributed by atoms with E-state index in [1.807, 2.05) is 13.8 Å². The number of halogens is 1. The summed E-state index contributed by atoms with van der Waals surface area (Å²) in [6, 6.07) is 0. The van der Waals surface area contributed by atoms with Crippen molar-refractivity contribution in [1.29, 1.82) is 0 Å². The minimum atomic E-state index is -3.34. The van der Waals surface area contributed by atoms with Crippen molar-refractivity contribution in [3.63, 3.8) is 0 Å². The van der Waals surface area contributed by atoms with Crippen LogP contribution in [0, 0.1) is 5.92 Å². The van der Waals surface area contributed by atoms with E-state index >= 15 is 0 Å². The summed E-state index contributed by atoms with van der Waals surface area (Å²) in [7, 11) is -3.34. The van der Waals surface area contributed by atoms with Crippen LogP contribution in [0.5, 0.6) is 0 Å². The normalized spacial score (nSPS) is 27.5. The quantitative estimate of drug-likeness (QED) is 0.738. The van der Waals surface area contributed by atoms with Gasteiger partial charge in [0.25, 0.3) is 10.2 Å². The van der Waals surface area contributed by atoms with E-state index in [2.05, 4.69) is 0 Å². The van der Waals surface area contributed by atoms with Gasteiger partial charge in [-0.25, -0.2) is 0 Å².